The third kappa shape index (κ3) is 10.2. The van der Waals surface area contributed by atoms with Crippen LogP contribution in [0.3, 0.4) is 0 Å². The molecule has 1 unspecified atom stereocenters. The molecule has 0 heterocycles. The standard InChI is InChI=1S/C12H16O.C12H9O.C2H6/c1-10(11(2)13)8-9-12-6-4-3-5-7-12;1-4-8-13-12-7-6-11(5-2)9-10(12)3;1-2/h3-7,10H,8-9H2,1-2H3;1-2,6-7,9H,3,8H2;1-2H3. The Morgan fingerprint density at radius 2 is 1.79 bits per heavy atom. The summed E-state index contributed by atoms with van der Waals surface area (Å²) in [4.78, 5) is 11.0. The fourth-order valence-corrected chi connectivity index (χ4v) is 2.16. The molecule has 28 heavy (non-hydrogen) atoms. The molecule has 0 saturated carbocycles. The molecule has 0 amide bonds. The van der Waals surface area contributed by atoms with E-state index in [0.29, 0.717) is 5.75 Å². The number of benzene rings is 2. The van der Waals surface area contributed by atoms with E-state index in [-0.39, 0.29) is 18.3 Å². The average Bonchev–Trinajstić information content (AvgIpc) is 2.73. The van der Waals surface area contributed by atoms with Crippen LogP contribution in [0.2, 0.25) is 0 Å². The Morgan fingerprint density at radius 1 is 1.14 bits per heavy atom. The molecule has 2 aromatic rings. The van der Waals surface area contributed by atoms with E-state index in [9.17, 15) is 4.79 Å². The summed E-state index contributed by atoms with van der Waals surface area (Å²) in [6, 6.07) is 15.6. The van der Waals surface area contributed by atoms with Crippen LogP contribution in [0, 0.1) is 37.5 Å². The van der Waals surface area contributed by atoms with E-state index in [1.807, 2.05) is 39.0 Å². The molecule has 0 N–H and O–H groups in total. The Bertz CT molecular complexity index is 776. The molecule has 0 spiro atoms. The minimum atomic E-state index is 0.195. The van der Waals surface area contributed by atoms with E-state index in [0.717, 1.165) is 24.0 Å². The highest BCUT2D eigenvalue weighted by Gasteiger charge is 2.06. The van der Waals surface area contributed by atoms with Crippen LogP contribution in [0.4, 0.5) is 0 Å². The van der Waals surface area contributed by atoms with Crippen LogP contribution in [-0.2, 0) is 11.2 Å². The first-order valence-corrected chi connectivity index (χ1v) is 9.51. The first-order valence-electron chi connectivity index (χ1n) is 9.51. The van der Waals surface area contributed by atoms with E-state index >= 15 is 0 Å². The second kappa shape index (κ2) is 15.1. The van der Waals surface area contributed by atoms with Crippen molar-refractivity contribution < 1.29 is 9.53 Å². The molecule has 1 radical (unpaired) electrons. The van der Waals surface area contributed by atoms with Crippen LogP contribution in [0.15, 0.2) is 48.5 Å². The molecular formula is C26H31O2. The maximum atomic E-state index is 11.0. The summed E-state index contributed by atoms with van der Waals surface area (Å²) in [6.07, 6.45) is 12.2. The number of aryl methyl sites for hydroxylation is 1. The summed E-state index contributed by atoms with van der Waals surface area (Å²) in [5.74, 6) is 6.06. The SMILES string of the molecule is C#CCOc1ccc(C#C)cc1[CH2].CC.CC(=O)C(C)CCc1ccccc1. The van der Waals surface area contributed by atoms with Gasteiger partial charge in [0.05, 0.1) is 0 Å². The maximum Gasteiger partial charge on any atom is 0.148 e. The summed E-state index contributed by atoms with van der Waals surface area (Å²) < 4.78 is 5.22. The fourth-order valence-electron chi connectivity index (χ4n) is 2.16. The van der Waals surface area contributed by atoms with Gasteiger partial charge >= 0.3 is 0 Å². The molecule has 2 nitrogen and oxygen atoms in total. The summed E-state index contributed by atoms with van der Waals surface area (Å²) in [7, 11) is 0. The van der Waals surface area contributed by atoms with E-state index in [1.165, 1.54) is 5.56 Å². The highest BCUT2D eigenvalue weighted by Crippen LogP contribution is 2.18. The van der Waals surface area contributed by atoms with Crippen LogP contribution in [-0.4, -0.2) is 12.4 Å². The zero-order chi connectivity index (χ0) is 21.4. The van der Waals surface area contributed by atoms with Crippen LogP contribution in [0.1, 0.15) is 50.8 Å². The average molecular weight is 376 g/mol. The number of Topliss-reactive ketones (excluding diaryl/α,β-unsaturated/α-hetero) is 1. The van der Waals surface area contributed by atoms with Crippen LogP contribution >= 0.6 is 0 Å². The van der Waals surface area contributed by atoms with Crippen molar-refractivity contribution >= 4 is 5.78 Å². The van der Waals surface area contributed by atoms with Gasteiger partial charge in [-0.3, -0.25) is 4.79 Å². The van der Waals surface area contributed by atoms with Crippen molar-refractivity contribution in [2.45, 2.75) is 40.5 Å². The van der Waals surface area contributed by atoms with Crippen LogP contribution in [0.25, 0.3) is 0 Å². The first-order chi connectivity index (χ1) is 13.5. The van der Waals surface area contributed by atoms with Crippen molar-refractivity contribution in [2.24, 2.45) is 5.92 Å². The first kappa shape index (κ1) is 25.0. The summed E-state index contributed by atoms with van der Waals surface area (Å²) in [6.45, 7) is 11.7. The molecular weight excluding hydrogens is 344 g/mol. The van der Waals surface area contributed by atoms with Crippen molar-refractivity contribution in [1.29, 1.82) is 0 Å². The highest BCUT2D eigenvalue weighted by atomic mass is 16.5. The molecule has 0 aliphatic carbocycles. The van der Waals surface area contributed by atoms with Gasteiger partial charge in [0.2, 0.25) is 0 Å². The second-order valence-electron chi connectivity index (χ2n) is 6.00. The molecule has 0 aliphatic rings. The molecule has 2 rings (SSSR count). The lowest BCUT2D eigenvalue weighted by Gasteiger charge is -2.06. The van der Waals surface area contributed by atoms with Crippen molar-refractivity contribution in [3.05, 3.63) is 72.1 Å². The molecule has 1 atom stereocenters. The number of ether oxygens (including phenoxy) is 1. The third-order valence-corrected chi connectivity index (χ3v) is 3.94. The van der Waals surface area contributed by atoms with Gasteiger partial charge in [0.15, 0.2) is 0 Å². The number of carbonyl (C=O) groups excluding carboxylic acids is 1. The zero-order valence-corrected chi connectivity index (χ0v) is 17.5. The van der Waals surface area contributed by atoms with Gasteiger partial charge in [0, 0.05) is 11.5 Å². The predicted molar refractivity (Wildman–Crippen MR) is 119 cm³/mol. The lowest BCUT2D eigenvalue weighted by atomic mass is 9.98. The summed E-state index contributed by atoms with van der Waals surface area (Å²) in [5, 5.41) is 0. The van der Waals surface area contributed by atoms with Crippen molar-refractivity contribution in [3.63, 3.8) is 0 Å². The Balaban J connectivity index is 0.000000478. The van der Waals surface area contributed by atoms with Gasteiger partial charge in [0.1, 0.15) is 18.1 Å². The lowest BCUT2D eigenvalue weighted by molar-refractivity contribution is -0.120. The van der Waals surface area contributed by atoms with Crippen molar-refractivity contribution in [3.8, 4) is 30.4 Å². The van der Waals surface area contributed by atoms with Gasteiger partial charge in [0.25, 0.3) is 0 Å². The molecule has 147 valence electrons. The number of ketones is 1. The van der Waals surface area contributed by atoms with E-state index in [4.69, 9.17) is 17.6 Å². The minimum absolute atomic E-state index is 0.195. The van der Waals surface area contributed by atoms with E-state index in [2.05, 4.69) is 30.9 Å². The van der Waals surface area contributed by atoms with Gasteiger partial charge in [-0.25, -0.2) is 0 Å². The van der Waals surface area contributed by atoms with Crippen molar-refractivity contribution in [2.75, 3.05) is 6.61 Å². The number of rotatable bonds is 6. The fraction of sp³-hybridized carbons (Fsp3) is 0.308. The number of hydrogen-bond acceptors (Lipinski definition) is 2. The molecule has 0 aromatic heterocycles. The second-order valence-corrected chi connectivity index (χ2v) is 6.00. The Kier molecular flexibility index (Phi) is 13.5. The topological polar surface area (TPSA) is 26.3 Å². The van der Waals surface area contributed by atoms with E-state index in [1.54, 1.807) is 25.1 Å². The van der Waals surface area contributed by atoms with Gasteiger partial charge < -0.3 is 4.74 Å². The van der Waals surface area contributed by atoms with Gasteiger partial charge in [-0.05, 0) is 56.0 Å². The predicted octanol–water partition coefficient (Wildman–Crippen LogP) is 5.73. The Morgan fingerprint density at radius 3 is 2.29 bits per heavy atom. The molecule has 2 aromatic carbocycles. The third-order valence-electron chi connectivity index (χ3n) is 3.94. The smallest absolute Gasteiger partial charge is 0.148 e. The van der Waals surface area contributed by atoms with Crippen molar-refractivity contribution in [1.82, 2.24) is 0 Å². The monoisotopic (exact) mass is 375 g/mol. The molecule has 0 bridgehead atoms. The molecule has 0 saturated heterocycles. The zero-order valence-electron chi connectivity index (χ0n) is 17.5. The summed E-state index contributed by atoms with van der Waals surface area (Å²) >= 11 is 0. The molecule has 0 aliphatic heterocycles. The van der Waals surface area contributed by atoms with E-state index < -0.39 is 0 Å². The van der Waals surface area contributed by atoms with Crippen LogP contribution in [0.5, 0.6) is 5.75 Å². The quantitative estimate of drug-likeness (QED) is 0.603. The lowest BCUT2D eigenvalue weighted by Crippen LogP contribution is -2.07. The number of terminal acetylenes is 2. The molecule has 0 fully saturated rings. The largest absolute Gasteiger partial charge is 0.481 e. The van der Waals surface area contributed by atoms with Gasteiger partial charge in [-0.15, -0.1) is 12.8 Å². The highest BCUT2D eigenvalue weighted by molar-refractivity contribution is 5.77. The number of hydrogen-bond donors (Lipinski definition) is 0. The van der Waals surface area contributed by atoms with Crippen LogP contribution < -0.4 is 4.74 Å². The van der Waals surface area contributed by atoms with Gasteiger partial charge in [-0.1, -0.05) is 62.9 Å². The minimum Gasteiger partial charge on any atom is -0.481 e. The normalized spacial score (nSPS) is 9.96. The van der Waals surface area contributed by atoms with Gasteiger partial charge in [-0.2, -0.15) is 0 Å². The Labute approximate surface area is 171 Å². The Hall–Kier alpha value is -2.97. The summed E-state index contributed by atoms with van der Waals surface area (Å²) in [5.41, 5.74) is 2.86. The molecule has 2 heteroatoms. The number of carbonyl (C=O) groups is 1. The maximum absolute atomic E-state index is 11.0.